The van der Waals surface area contributed by atoms with E-state index in [2.05, 4.69) is 17.1 Å². The van der Waals surface area contributed by atoms with Crippen LogP contribution < -0.4 is 5.73 Å². The molecule has 2 aliphatic rings. The molecule has 1 aliphatic carbocycles. The summed E-state index contributed by atoms with van der Waals surface area (Å²) in [5.41, 5.74) is 8.01. The van der Waals surface area contributed by atoms with Gasteiger partial charge in [-0.25, -0.2) is 0 Å². The minimum Gasteiger partial charge on any atom is -0.399 e. The highest BCUT2D eigenvalue weighted by atomic mass is 35.5. The lowest BCUT2D eigenvalue weighted by Crippen LogP contribution is -2.36. The summed E-state index contributed by atoms with van der Waals surface area (Å²) in [4.78, 5) is 2.27. The van der Waals surface area contributed by atoms with Crippen molar-refractivity contribution in [2.45, 2.75) is 19.3 Å². The first-order valence-electron chi connectivity index (χ1n) is 5.34. The molecule has 0 saturated carbocycles. The van der Waals surface area contributed by atoms with Crippen LogP contribution in [0.1, 0.15) is 19.3 Å². The fourth-order valence-electron chi connectivity index (χ4n) is 2.38. The Hall–Kier alpha value is -0.670. The van der Waals surface area contributed by atoms with Gasteiger partial charge in [-0.15, -0.1) is 12.4 Å². The van der Waals surface area contributed by atoms with Crippen molar-refractivity contribution in [1.82, 2.24) is 4.90 Å². The van der Waals surface area contributed by atoms with E-state index >= 15 is 0 Å². The van der Waals surface area contributed by atoms with E-state index in [1.807, 2.05) is 0 Å². The van der Waals surface area contributed by atoms with E-state index in [0.29, 0.717) is 5.92 Å². The maximum atomic E-state index is 8.96. The van der Waals surface area contributed by atoms with Gasteiger partial charge < -0.3 is 15.7 Å². The largest absolute Gasteiger partial charge is 0.399 e. The molecule has 1 heterocycles. The molecule has 4 heteroatoms. The van der Waals surface area contributed by atoms with Gasteiger partial charge in [-0.05, 0) is 25.3 Å². The molecule has 0 aromatic carbocycles. The molecule has 1 fully saturated rings. The maximum Gasteiger partial charge on any atom is 0.0606 e. The number of hydrogen-bond acceptors (Lipinski definition) is 3. The molecule has 2 rings (SSSR count). The van der Waals surface area contributed by atoms with Gasteiger partial charge in [0.1, 0.15) is 0 Å². The van der Waals surface area contributed by atoms with Crippen molar-refractivity contribution in [2.24, 2.45) is 11.7 Å². The van der Waals surface area contributed by atoms with Gasteiger partial charge in [-0.1, -0.05) is 6.08 Å². The second-order valence-electron chi connectivity index (χ2n) is 4.06. The lowest BCUT2D eigenvalue weighted by atomic mass is 9.87. The number of β-amino-alcohol motifs (C(OH)–C–C–N with tert-alkyl or cyclic N) is 1. The third-order valence-electron chi connectivity index (χ3n) is 3.09. The van der Waals surface area contributed by atoms with E-state index in [1.54, 1.807) is 0 Å². The average Bonchev–Trinajstić information content (AvgIpc) is 2.19. The van der Waals surface area contributed by atoms with E-state index < -0.39 is 0 Å². The second-order valence-corrected chi connectivity index (χ2v) is 4.06. The Morgan fingerprint density at radius 1 is 1.53 bits per heavy atom. The predicted octanol–water partition coefficient (Wildman–Crippen LogP) is 1.24. The first-order chi connectivity index (χ1) is 6.81. The highest BCUT2D eigenvalue weighted by Crippen LogP contribution is 2.32. The number of hydrogen-bond donors (Lipinski definition) is 2. The SMILES string of the molecule is Cl.NC1=CCC2CCCN(CCO)C2=C1. The van der Waals surface area contributed by atoms with Crippen LogP contribution in [0.4, 0.5) is 0 Å². The Morgan fingerprint density at radius 2 is 2.33 bits per heavy atom. The summed E-state index contributed by atoms with van der Waals surface area (Å²) >= 11 is 0. The van der Waals surface area contributed by atoms with Crippen molar-refractivity contribution in [3.8, 4) is 0 Å². The van der Waals surface area contributed by atoms with E-state index in [4.69, 9.17) is 10.8 Å². The van der Waals surface area contributed by atoms with Crippen LogP contribution in [0.2, 0.25) is 0 Å². The molecule has 86 valence electrons. The van der Waals surface area contributed by atoms with Crippen molar-refractivity contribution in [3.05, 3.63) is 23.5 Å². The fraction of sp³-hybridized carbons (Fsp3) is 0.636. The maximum absolute atomic E-state index is 8.96. The van der Waals surface area contributed by atoms with Gasteiger partial charge in [0.05, 0.1) is 6.61 Å². The number of aliphatic hydroxyl groups excluding tert-OH is 1. The molecular formula is C11H19ClN2O. The average molecular weight is 231 g/mol. The summed E-state index contributed by atoms with van der Waals surface area (Å²) < 4.78 is 0. The van der Waals surface area contributed by atoms with Crippen LogP contribution in [0.5, 0.6) is 0 Å². The standard InChI is InChI=1S/C11H18N2O.ClH/c12-10-4-3-9-2-1-5-13(6-7-14)11(9)8-10;/h4,8-9,14H,1-3,5-7,12H2;1H. The number of aliphatic hydroxyl groups is 1. The van der Waals surface area contributed by atoms with Gasteiger partial charge in [0.25, 0.3) is 0 Å². The van der Waals surface area contributed by atoms with Gasteiger partial charge in [0.2, 0.25) is 0 Å². The third-order valence-corrected chi connectivity index (χ3v) is 3.09. The van der Waals surface area contributed by atoms with Gasteiger partial charge in [0.15, 0.2) is 0 Å². The molecule has 0 aromatic heterocycles. The zero-order chi connectivity index (χ0) is 9.97. The summed E-state index contributed by atoms with van der Waals surface area (Å²) in [5, 5.41) is 8.96. The highest BCUT2D eigenvalue weighted by Gasteiger charge is 2.25. The smallest absolute Gasteiger partial charge is 0.0606 e. The quantitative estimate of drug-likeness (QED) is 0.751. The fourth-order valence-corrected chi connectivity index (χ4v) is 2.38. The number of allylic oxidation sites excluding steroid dienone is 3. The van der Waals surface area contributed by atoms with E-state index in [9.17, 15) is 0 Å². The van der Waals surface area contributed by atoms with Gasteiger partial charge in [-0.3, -0.25) is 0 Å². The lowest BCUT2D eigenvalue weighted by Gasteiger charge is -2.38. The van der Waals surface area contributed by atoms with Crippen molar-refractivity contribution in [1.29, 1.82) is 0 Å². The summed E-state index contributed by atoms with van der Waals surface area (Å²) in [6.07, 6.45) is 7.74. The topological polar surface area (TPSA) is 49.5 Å². The first kappa shape index (κ1) is 12.4. The number of likely N-dealkylation sites (tertiary alicyclic amines) is 1. The zero-order valence-corrected chi connectivity index (χ0v) is 9.67. The molecule has 1 atom stereocenters. The highest BCUT2D eigenvalue weighted by molar-refractivity contribution is 5.85. The molecule has 3 nitrogen and oxygen atoms in total. The minimum absolute atomic E-state index is 0. The van der Waals surface area contributed by atoms with Crippen molar-refractivity contribution in [3.63, 3.8) is 0 Å². The predicted molar refractivity (Wildman–Crippen MR) is 63.6 cm³/mol. The molecule has 0 radical (unpaired) electrons. The van der Waals surface area contributed by atoms with Crippen LogP contribution in [-0.2, 0) is 0 Å². The number of piperidine rings is 1. The molecule has 1 aliphatic heterocycles. The van der Waals surface area contributed by atoms with Gasteiger partial charge >= 0.3 is 0 Å². The Bertz CT molecular complexity index is 274. The molecule has 1 unspecified atom stereocenters. The number of rotatable bonds is 2. The third kappa shape index (κ3) is 2.67. The van der Waals surface area contributed by atoms with Crippen LogP contribution in [0.3, 0.4) is 0 Å². The molecule has 0 bridgehead atoms. The first-order valence-corrected chi connectivity index (χ1v) is 5.34. The van der Waals surface area contributed by atoms with Crippen molar-refractivity contribution >= 4 is 12.4 Å². The number of nitrogens with two attached hydrogens (primary N) is 1. The Kier molecular flexibility index (Phi) is 4.48. The summed E-state index contributed by atoms with van der Waals surface area (Å²) in [6, 6.07) is 0. The van der Waals surface area contributed by atoms with E-state index in [-0.39, 0.29) is 19.0 Å². The minimum atomic E-state index is 0. The molecule has 0 aromatic rings. The molecule has 1 saturated heterocycles. The van der Waals surface area contributed by atoms with Crippen LogP contribution in [0.25, 0.3) is 0 Å². The Morgan fingerprint density at radius 3 is 3.07 bits per heavy atom. The van der Waals surface area contributed by atoms with Crippen molar-refractivity contribution < 1.29 is 5.11 Å². The van der Waals surface area contributed by atoms with Crippen molar-refractivity contribution in [2.75, 3.05) is 19.7 Å². The van der Waals surface area contributed by atoms with E-state index in [1.165, 1.54) is 18.5 Å². The van der Waals surface area contributed by atoms with Crippen LogP contribution in [0, 0.1) is 5.92 Å². The number of nitrogens with zero attached hydrogens (tertiary/aromatic N) is 1. The zero-order valence-electron chi connectivity index (χ0n) is 8.85. The van der Waals surface area contributed by atoms with Crippen LogP contribution >= 0.6 is 12.4 Å². The summed E-state index contributed by atoms with van der Waals surface area (Å²) in [5.74, 6) is 0.641. The van der Waals surface area contributed by atoms with Crippen LogP contribution in [0.15, 0.2) is 23.5 Å². The van der Waals surface area contributed by atoms with Gasteiger partial charge in [-0.2, -0.15) is 0 Å². The summed E-state index contributed by atoms with van der Waals surface area (Å²) in [7, 11) is 0. The Balaban J connectivity index is 0.00000112. The number of fused-ring (bicyclic) bond motifs is 1. The number of halogens is 1. The normalized spacial score (nSPS) is 24.9. The molecule has 0 spiro atoms. The molecule has 3 N–H and O–H groups in total. The van der Waals surface area contributed by atoms with Gasteiger partial charge in [0, 0.05) is 30.4 Å². The van der Waals surface area contributed by atoms with E-state index in [0.717, 1.165) is 25.2 Å². The molecule has 15 heavy (non-hydrogen) atoms. The molecular weight excluding hydrogens is 212 g/mol. The molecule has 0 amide bonds. The summed E-state index contributed by atoms with van der Waals surface area (Å²) in [6.45, 7) is 2.04. The van der Waals surface area contributed by atoms with Crippen LogP contribution in [-0.4, -0.2) is 29.7 Å². The monoisotopic (exact) mass is 230 g/mol. The Labute approximate surface area is 97.0 Å². The lowest BCUT2D eigenvalue weighted by molar-refractivity contribution is 0.185. The second kappa shape index (κ2) is 5.42.